The molecule has 0 bridgehead atoms. The molecule has 0 aromatic heterocycles. The molecular formula is C24H21FO2. The maximum absolute atomic E-state index is 13.8. The van der Waals surface area contributed by atoms with Gasteiger partial charge in [0.25, 0.3) is 0 Å². The van der Waals surface area contributed by atoms with Gasteiger partial charge in [0.1, 0.15) is 5.82 Å². The second-order valence-corrected chi connectivity index (χ2v) is 7.17. The normalized spacial score (nSPS) is 17.4. The van der Waals surface area contributed by atoms with Crippen molar-refractivity contribution in [1.29, 1.82) is 0 Å². The Balaban J connectivity index is 1.74. The molecule has 0 heterocycles. The first-order chi connectivity index (χ1) is 13.0. The number of hydrogen-bond acceptors (Lipinski definition) is 1. The number of fused-ring (bicyclic) bond motifs is 1. The fraction of sp³-hybridized carbons (Fsp3) is 0.208. The van der Waals surface area contributed by atoms with E-state index in [4.69, 9.17) is 0 Å². The van der Waals surface area contributed by atoms with Gasteiger partial charge in [0.05, 0.1) is 6.42 Å². The summed E-state index contributed by atoms with van der Waals surface area (Å²) in [6.45, 7) is 1.92. The number of carboxylic acid groups (broad SMARTS) is 1. The Labute approximate surface area is 158 Å². The molecule has 2 aromatic carbocycles. The van der Waals surface area contributed by atoms with Crippen LogP contribution in [0.2, 0.25) is 0 Å². The molecule has 0 unspecified atom stereocenters. The fourth-order valence-corrected chi connectivity index (χ4v) is 4.03. The Hall–Kier alpha value is -2.94. The maximum atomic E-state index is 13.8. The SMILES string of the molecule is CC1=C(CC(=O)O)c2cc(F)ccc2/C1=C\c1ccc(C2=CCCC2)cc1. The molecule has 136 valence electrons. The van der Waals surface area contributed by atoms with Crippen molar-refractivity contribution in [3.05, 3.63) is 82.2 Å². The number of halogens is 1. The predicted octanol–water partition coefficient (Wildman–Crippen LogP) is 6.20. The summed E-state index contributed by atoms with van der Waals surface area (Å²) >= 11 is 0. The van der Waals surface area contributed by atoms with Gasteiger partial charge in [-0.2, -0.15) is 0 Å². The Morgan fingerprint density at radius 1 is 1.15 bits per heavy atom. The van der Waals surface area contributed by atoms with Crippen molar-refractivity contribution in [2.24, 2.45) is 0 Å². The van der Waals surface area contributed by atoms with E-state index in [-0.39, 0.29) is 12.2 Å². The molecular weight excluding hydrogens is 339 g/mol. The molecule has 0 amide bonds. The molecule has 0 spiro atoms. The quantitative estimate of drug-likeness (QED) is 0.705. The highest BCUT2D eigenvalue weighted by Crippen LogP contribution is 2.43. The zero-order chi connectivity index (χ0) is 19.0. The van der Waals surface area contributed by atoms with Gasteiger partial charge in [-0.05, 0) is 88.9 Å². The molecule has 0 fully saturated rings. The lowest BCUT2D eigenvalue weighted by molar-refractivity contribution is -0.135. The van der Waals surface area contributed by atoms with Crippen molar-refractivity contribution in [2.45, 2.75) is 32.6 Å². The molecule has 0 radical (unpaired) electrons. The van der Waals surface area contributed by atoms with Crippen LogP contribution in [0.1, 0.15) is 54.9 Å². The van der Waals surface area contributed by atoms with Crippen molar-refractivity contribution in [2.75, 3.05) is 0 Å². The standard InChI is InChI=1S/C24H21FO2/c1-15-21(12-16-6-8-18(9-7-16)17-4-2-3-5-17)20-11-10-19(25)13-23(20)22(15)14-24(26)27/h4,6-13H,2-3,5,14H2,1H3,(H,26,27)/b21-12-. The third kappa shape index (κ3) is 3.37. The van der Waals surface area contributed by atoms with E-state index in [1.54, 1.807) is 6.07 Å². The average molecular weight is 360 g/mol. The van der Waals surface area contributed by atoms with Crippen LogP contribution in [0.5, 0.6) is 0 Å². The summed E-state index contributed by atoms with van der Waals surface area (Å²) in [6, 6.07) is 13.1. The summed E-state index contributed by atoms with van der Waals surface area (Å²) in [4.78, 5) is 11.3. The Morgan fingerprint density at radius 3 is 2.59 bits per heavy atom. The summed E-state index contributed by atoms with van der Waals surface area (Å²) in [5, 5.41) is 9.24. The van der Waals surface area contributed by atoms with Gasteiger partial charge in [0.2, 0.25) is 0 Å². The monoisotopic (exact) mass is 360 g/mol. The van der Waals surface area contributed by atoms with Crippen LogP contribution in [0.15, 0.2) is 54.1 Å². The van der Waals surface area contributed by atoms with Gasteiger partial charge in [-0.1, -0.05) is 36.4 Å². The first-order valence-electron chi connectivity index (χ1n) is 9.26. The maximum Gasteiger partial charge on any atom is 0.307 e. The number of allylic oxidation sites excluding steroid dienone is 4. The van der Waals surface area contributed by atoms with Gasteiger partial charge >= 0.3 is 5.97 Å². The lowest BCUT2D eigenvalue weighted by Crippen LogP contribution is -1.97. The number of aliphatic carboxylic acids is 1. The van der Waals surface area contributed by atoms with E-state index >= 15 is 0 Å². The van der Waals surface area contributed by atoms with Crippen molar-refractivity contribution < 1.29 is 14.3 Å². The van der Waals surface area contributed by atoms with Crippen LogP contribution in [-0.4, -0.2) is 11.1 Å². The molecule has 2 nitrogen and oxygen atoms in total. The number of benzene rings is 2. The van der Waals surface area contributed by atoms with E-state index in [0.29, 0.717) is 11.1 Å². The Morgan fingerprint density at radius 2 is 1.93 bits per heavy atom. The summed E-state index contributed by atoms with van der Waals surface area (Å²) < 4.78 is 13.8. The minimum absolute atomic E-state index is 0.104. The minimum atomic E-state index is -0.907. The smallest absolute Gasteiger partial charge is 0.307 e. The number of carbonyl (C=O) groups is 1. The zero-order valence-corrected chi connectivity index (χ0v) is 15.3. The van der Waals surface area contributed by atoms with E-state index in [1.807, 2.05) is 6.92 Å². The Bertz CT molecular complexity index is 1010. The van der Waals surface area contributed by atoms with Gasteiger partial charge in [0.15, 0.2) is 0 Å². The summed E-state index contributed by atoms with van der Waals surface area (Å²) in [7, 11) is 0. The van der Waals surface area contributed by atoms with Gasteiger partial charge in [-0.25, -0.2) is 4.39 Å². The molecule has 0 aliphatic heterocycles. The van der Waals surface area contributed by atoms with Crippen LogP contribution in [-0.2, 0) is 4.79 Å². The zero-order valence-electron chi connectivity index (χ0n) is 15.3. The van der Waals surface area contributed by atoms with Crippen LogP contribution in [0.3, 0.4) is 0 Å². The van der Waals surface area contributed by atoms with Crippen LogP contribution < -0.4 is 0 Å². The number of carboxylic acids is 1. The molecule has 4 rings (SSSR count). The average Bonchev–Trinajstić information content (AvgIpc) is 3.26. The number of rotatable bonds is 4. The summed E-state index contributed by atoms with van der Waals surface area (Å²) in [6.07, 6.45) is 7.79. The van der Waals surface area contributed by atoms with E-state index in [9.17, 15) is 14.3 Å². The lowest BCUT2D eigenvalue weighted by Gasteiger charge is -2.06. The second kappa shape index (κ2) is 6.99. The van der Waals surface area contributed by atoms with Gasteiger partial charge in [0, 0.05) is 0 Å². The van der Waals surface area contributed by atoms with Crippen molar-refractivity contribution >= 4 is 28.8 Å². The van der Waals surface area contributed by atoms with Crippen LogP contribution in [0.4, 0.5) is 4.39 Å². The first-order valence-corrected chi connectivity index (χ1v) is 9.26. The van der Waals surface area contributed by atoms with Gasteiger partial charge < -0.3 is 5.11 Å². The third-order valence-corrected chi connectivity index (χ3v) is 5.42. The first kappa shape index (κ1) is 17.5. The topological polar surface area (TPSA) is 37.3 Å². The highest BCUT2D eigenvalue weighted by Gasteiger charge is 2.25. The second-order valence-electron chi connectivity index (χ2n) is 7.17. The summed E-state index contributed by atoms with van der Waals surface area (Å²) in [5.41, 5.74) is 7.88. The molecule has 27 heavy (non-hydrogen) atoms. The van der Waals surface area contributed by atoms with E-state index in [2.05, 4.69) is 36.4 Å². The highest BCUT2D eigenvalue weighted by molar-refractivity contribution is 6.07. The predicted molar refractivity (Wildman–Crippen MR) is 107 cm³/mol. The lowest BCUT2D eigenvalue weighted by atomic mass is 9.99. The highest BCUT2D eigenvalue weighted by atomic mass is 19.1. The number of hydrogen-bond donors (Lipinski definition) is 1. The Kier molecular flexibility index (Phi) is 4.53. The van der Waals surface area contributed by atoms with Crippen molar-refractivity contribution in [3.63, 3.8) is 0 Å². The molecule has 2 aromatic rings. The van der Waals surface area contributed by atoms with Crippen LogP contribution in [0.25, 0.3) is 22.8 Å². The molecule has 0 saturated heterocycles. The molecule has 2 aliphatic rings. The van der Waals surface area contributed by atoms with Crippen molar-refractivity contribution in [1.82, 2.24) is 0 Å². The molecule has 2 aliphatic carbocycles. The fourth-order valence-electron chi connectivity index (χ4n) is 4.03. The van der Waals surface area contributed by atoms with Crippen molar-refractivity contribution in [3.8, 4) is 0 Å². The third-order valence-electron chi connectivity index (χ3n) is 5.42. The van der Waals surface area contributed by atoms with Crippen LogP contribution >= 0.6 is 0 Å². The van der Waals surface area contributed by atoms with Crippen LogP contribution in [0, 0.1) is 5.82 Å². The minimum Gasteiger partial charge on any atom is -0.481 e. The van der Waals surface area contributed by atoms with E-state index in [1.165, 1.54) is 29.7 Å². The largest absolute Gasteiger partial charge is 0.481 e. The van der Waals surface area contributed by atoms with E-state index in [0.717, 1.165) is 35.1 Å². The van der Waals surface area contributed by atoms with Gasteiger partial charge in [-0.3, -0.25) is 4.79 Å². The summed E-state index contributed by atoms with van der Waals surface area (Å²) in [5.74, 6) is -1.25. The van der Waals surface area contributed by atoms with Gasteiger partial charge in [-0.15, -0.1) is 0 Å². The molecule has 0 saturated carbocycles. The molecule has 0 atom stereocenters. The molecule has 1 N–H and O–H groups in total. The molecule has 3 heteroatoms. The van der Waals surface area contributed by atoms with E-state index < -0.39 is 5.97 Å².